The van der Waals surface area contributed by atoms with Gasteiger partial charge in [0.05, 0.1) is 5.71 Å². The van der Waals surface area contributed by atoms with Crippen LogP contribution < -0.4 is 5.32 Å². The lowest BCUT2D eigenvalue weighted by molar-refractivity contribution is 1.07. The van der Waals surface area contributed by atoms with E-state index in [0.29, 0.717) is 23.2 Å². The van der Waals surface area contributed by atoms with E-state index < -0.39 is 0 Å². The van der Waals surface area contributed by atoms with Crippen molar-refractivity contribution < 1.29 is 0 Å². The van der Waals surface area contributed by atoms with Crippen LogP contribution in [0, 0.1) is 5.41 Å². The van der Waals surface area contributed by atoms with Crippen molar-refractivity contribution in [3.8, 4) is 45.3 Å². The molecule has 0 spiro atoms. The number of anilines is 2. The number of pyridine rings is 1. The van der Waals surface area contributed by atoms with Crippen molar-refractivity contribution in [2.24, 2.45) is 0 Å². The molecule has 0 aliphatic rings. The molecule has 0 amide bonds. The fourth-order valence-electron chi connectivity index (χ4n) is 5.19. The highest BCUT2D eigenvalue weighted by Gasteiger charge is 2.14. The van der Waals surface area contributed by atoms with Crippen molar-refractivity contribution >= 4 is 17.1 Å². The Hall–Kier alpha value is -6.27. The molecule has 0 saturated heterocycles. The standard InChI is InChI=1S/C39H28N6/c40-36(34-19-7-8-20-35(34)42-33-21-23-41-24-22-33)31-17-9-15-29(25-31)30-16-10-18-32(26-30)39-44-37(27-11-3-1-4-12-27)43-38(45-39)28-13-5-2-6-14-28/h1-26,40H,(H,41,42). The highest BCUT2D eigenvalue weighted by Crippen LogP contribution is 2.30. The molecule has 2 heterocycles. The van der Waals surface area contributed by atoms with Crippen LogP contribution in [0.5, 0.6) is 0 Å². The Morgan fingerprint density at radius 2 is 0.978 bits per heavy atom. The summed E-state index contributed by atoms with van der Waals surface area (Å²) in [6, 6.07) is 47.9. The predicted octanol–water partition coefficient (Wildman–Crippen LogP) is 9.09. The first kappa shape index (κ1) is 27.6. The monoisotopic (exact) mass is 580 g/mol. The second kappa shape index (κ2) is 12.5. The molecule has 7 rings (SSSR count). The fraction of sp³-hybridized carbons (Fsp3) is 0. The van der Waals surface area contributed by atoms with Gasteiger partial charge in [-0.15, -0.1) is 0 Å². The Labute approximate surface area is 261 Å². The highest BCUT2D eigenvalue weighted by molar-refractivity contribution is 6.14. The number of nitrogens with zero attached hydrogens (tertiary/aromatic N) is 4. The van der Waals surface area contributed by atoms with Gasteiger partial charge in [-0.1, -0.05) is 115 Å². The molecule has 0 saturated carbocycles. The van der Waals surface area contributed by atoms with Crippen molar-refractivity contribution in [1.82, 2.24) is 19.9 Å². The first-order chi connectivity index (χ1) is 22.2. The highest BCUT2D eigenvalue weighted by atomic mass is 15.0. The zero-order valence-corrected chi connectivity index (χ0v) is 24.3. The van der Waals surface area contributed by atoms with E-state index in [2.05, 4.69) is 34.6 Å². The molecule has 5 aromatic carbocycles. The van der Waals surface area contributed by atoms with Crippen molar-refractivity contribution in [1.29, 1.82) is 5.41 Å². The van der Waals surface area contributed by atoms with Gasteiger partial charge >= 0.3 is 0 Å². The van der Waals surface area contributed by atoms with E-state index in [0.717, 1.165) is 50.3 Å². The molecular weight excluding hydrogens is 552 g/mol. The summed E-state index contributed by atoms with van der Waals surface area (Å²) in [5.41, 5.74) is 8.59. The maximum absolute atomic E-state index is 9.14. The van der Waals surface area contributed by atoms with Gasteiger partial charge in [-0.25, -0.2) is 15.0 Å². The van der Waals surface area contributed by atoms with Crippen LogP contribution in [0.15, 0.2) is 158 Å². The van der Waals surface area contributed by atoms with Crippen LogP contribution in [0.25, 0.3) is 45.3 Å². The van der Waals surface area contributed by atoms with Gasteiger partial charge in [0, 0.05) is 51.6 Å². The van der Waals surface area contributed by atoms with Gasteiger partial charge in [-0.05, 0) is 41.5 Å². The predicted molar refractivity (Wildman–Crippen MR) is 181 cm³/mol. The molecule has 45 heavy (non-hydrogen) atoms. The minimum absolute atomic E-state index is 0.433. The van der Waals surface area contributed by atoms with Crippen LogP contribution in [0.1, 0.15) is 11.1 Å². The first-order valence-corrected chi connectivity index (χ1v) is 14.6. The minimum atomic E-state index is 0.433. The van der Waals surface area contributed by atoms with Crippen LogP contribution in [0.2, 0.25) is 0 Å². The molecule has 6 nitrogen and oxygen atoms in total. The summed E-state index contributed by atoms with van der Waals surface area (Å²) in [5, 5.41) is 12.6. The number of para-hydroxylation sites is 1. The third kappa shape index (κ3) is 6.12. The average Bonchev–Trinajstić information content (AvgIpc) is 3.13. The van der Waals surface area contributed by atoms with Gasteiger partial charge < -0.3 is 5.32 Å². The average molecular weight is 581 g/mol. The molecule has 0 aliphatic heterocycles. The van der Waals surface area contributed by atoms with Crippen molar-refractivity contribution in [3.05, 3.63) is 169 Å². The molecule has 6 heteroatoms. The summed E-state index contributed by atoms with van der Waals surface area (Å²) >= 11 is 0. The van der Waals surface area contributed by atoms with E-state index in [4.69, 9.17) is 20.4 Å². The van der Waals surface area contributed by atoms with Gasteiger partial charge in [-0.3, -0.25) is 10.4 Å². The number of benzene rings is 5. The van der Waals surface area contributed by atoms with Crippen molar-refractivity contribution in [2.75, 3.05) is 5.32 Å². The zero-order valence-electron chi connectivity index (χ0n) is 24.3. The van der Waals surface area contributed by atoms with Gasteiger partial charge in [0.1, 0.15) is 0 Å². The second-order valence-corrected chi connectivity index (χ2v) is 10.5. The third-order valence-electron chi connectivity index (χ3n) is 7.46. The molecule has 0 radical (unpaired) electrons. The molecule has 0 atom stereocenters. The van der Waals surface area contributed by atoms with Crippen LogP contribution in [0.3, 0.4) is 0 Å². The Morgan fingerprint density at radius 1 is 0.467 bits per heavy atom. The van der Waals surface area contributed by atoms with Gasteiger partial charge in [0.2, 0.25) is 0 Å². The molecule has 7 aromatic rings. The van der Waals surface area contributed by atoms with Crippen molar-refractivity contribution in [3.63, 3.8) is 0 Å². The number of hydrogen-bond donors (Lipinski definition) is 2. The Bertz CT molecular complexity index is 2040. The summed E-state index contributed by atoms with van der Waals surface area (Å²) in [7, 11) is 0. The molecule has 214 valence electrons. The van der Waals surface area contributed by atoms with Crippen LogP contribution in [0.4, 0.5) is 11.4 Å². The van der Waals surface area contributed by atoms with Crippen LogP contribution in [-0.2, 0) is 0 Å². The second-order valence-electron chi connectivity index (χ2n) is 10.5. The van der Waals surface area contributed by atoms with E-state index in [9.17, 15) is 0 Å². The first-order valence-electron chi connectivity index (χ1n) is 14.6. The Morgan fingerprint density at radius 3 is 1.64 bits per heavy atom. The van der Waals surface area contributed by atoms with E-state index in [1.54, 1.807) is 12.4 Å². The van der Waals surface area contributed by atoms with Gasteiger partial charge in [0.15, 0.2) is 17.5 Å². The summed E-state index contributed by atoms with van der Waals surface area (Å²) in [6.07, 6.45) is 3.49. The maximum Gasteiger partial charge on any atom is 0.164 e. The largest absolute Gasteiger partial charge is 0.355 e. The molecular formula is C39H28N6. The summed E-state index contributed by atoms with van der Waals surface area (Å²) in [5.74, 6) is 1.85. The van der Waals surface area contributed by atoms with E-state index in [1.807, 2.05) is 121 Å². The Kier molecular flexibility index (Phi) is 7.67. The quantitative estimate of drug-likeness (QED) is 0.175. The topological polar surface area (TPSA) is 87.4 Å². The SMILES string of the molecule is N=C(c1cccc(-c2cccc(-c3nc(-c4ccccc4)nc(-c4ccccc4)n3)c2)c1)c1ccccc1Nc1ccncc1. The number of nitrogens with one attached hydrogen (secondary N) is 2. The molecule has 0 bridgehead atoms. The van der Waals surface area contributed by atoms with E-state index >= 15 is 0 Å². The summed E-state index contributed by atoms with van der Waals surface area (Å²) < 4.78 is 0. The number of hydrogen-bond acceptors (Lipinski definition) is 6. The summed E-state index contributed by atoms with van der Waals surface area (Å²) in [6.45, 7) is 0. The maximum atomic E-state index is 9.14. The van der Waals surface area contributed by atoms with Gasteiger partial charge in [0.25, 0.3) is 0 Å². The zero-order chi connectivity index (χ0) is 30.4. The fourth-order valence-corrected chi connectivity index (χ4v) is 5.19. The summed E-state index contributed by atoms with van der Waals surface area (Å²) in [4.78, 5) is 18.7. The molecule has 0 unspecified atom stereocenters. The number of aromatic nitrogens is 4. The minimum Gasteiger partial charge on any atom is -0.355 e. The van der Waals surface area contributed by atoms with Gasteiger partial charge in [-0.2, -0.15) is 0 Å². The third-order valence-corrected chi connectivity index (χ3v) is 7.46. The van der Waals surface area contributed by atoms with Crippen LogP contribution >= 0.6 is 0 Å². The normalized spacial score (nSPS) is 10.8. The van der Waals surface area contributed by atoms with Crippen LogP contribution in [-0.4, -0.2) is 25.6 Å². The van der Waals surface area contributed by atoms with E-state index in [1.165, 1.54) is 0 Å². The lowest BCUT2D eigenvalue weighted by Gasteiger charge is -2.14. The van der Waals surface area contributed by atoms with E-state index in [-0.39, 0.29) is 0 Å². The Balaban J connectivity index is 1.24. The number of rotatable bonds is 8. The molecule has 2 N–H and O–H groups in total. The lowest BCUT2D eigenvalue weighted by Crippen LogP contribution is -2.05. The smallest absolute Gasteiger partial charge is 0.164 e. The van der Waals surface area contributed by atoms with Crippen molar-refractivity contribution in [2.45, 2.75) is 0 Å². The molecule has 2 aromatic heterocycles. The lowest BCUT2D eigenvalue weighted by atomic mass is 9.96. The molecule has 0 aliphatic carbocycles. The molecule has 0 fully saturated rings.